The molecule has 0 spiro atoms. The van der Waals surface area contributed by atoms with Crippen molar-refractivity contribution in [3.63, 3.8) is 0 Å². The molecule has 1 fully saturated rings. The first-order valence-electron chi connectivity index (χ1n) is 8.19. The zero-order valence-electron chi connectivity index (χ0n) is 13.5. The molecule has 0 radical (unpaired) electrons. The summed E-state index contributed by atoms with van der Waals surface area (Å²) in [4.78, 5) is 15.9. The van der Waals surface area contributed by atoms with Gasteiger partial charge in [0.15, 0.2) is 0 Å². The van der Waals surface area contributed by atoms with Gasteiger partial charge in [-0.15, -0.1) is 21.5 Å². The van der Waals surface area contributed by atoms with Gasteiger partial charge < -0.3 is 9.32 Å². The number of nitrogens with zero attached hydrogens (tertiary/aromatic N) is 3. The van der Waals surface area contributed by atoms with Gasteiger partial charge in [0, 0.05) is 13.1 Å². The Labute approximate surface area is 154 Å². The summed E-state index contributed by atoms with van der Waals surface area (Å²) in [5.74, 6) is 0.613. The van der Waals surface area contributed by atoms with E-state index in [-0.39, 0.29) is 11.2 Å². The van der Waals surface area contributed by atoms with Crippen LogP contribution in [0.15, 0.2) is 57.5 Å². The molecule has 7 heteroatoms. The van der Waals surface area contributed by atoms with E-state index in [2.05, 4.69) is 10.2 Å². The van der Waals surface area contributed by atoms with E-state index >= 15 is 0 Å². The van der Waals surface area contributed by atoms with Gasteiger partial charge in [-0.25, -0.2) is 0 Å². The van der Waals surface area contributed by atoms with Crippen molar-refractivity contribution in [2.75, 3.05) is 13.1 Å². The van der Waals surface area contributed by atoms with Crippen LogP contribution < -0.4 is 0 Å². The second kappa shape index (κ2) is 7.41. The SMILES string of the molecule is O=C([C@@H](Sc1nnc(-c2cccs2)o1)c1ccccc1)N1CCCC1. The van der Waals surface area contributed by atoms with Crippen molar-refractivity contribution in [2.24, 2.45) is 0 Å². The van der Waals surface area contributed by atoms with Gasteiger partial charge in [-0.2, -0.15) is 0 Å². The van der Waals surface area contributed by atoms with Gasteiger partial charge in [0.05, 0.1) is 4.88 Å². The van der Waals surface area contributed by atoms with Crippen LogP contribution in [0.25, 0.3) is 10.8 Å². The summed E-state index contributed by atoms with van der Waals surface area (Å²) >= 11 is 2.88. The lowest BCUT2D eigenvalue weighted by Crippen LogP contribution is -2.31. The van der Waals surface area contributed by atoms with Crippen molar-refractivity contribution < 1.29 is 9.21 Å². The molecular formula is C18H17N3O2S2. The first kappa shape index (κ1) is 16.4. The predicted octanol–water partition coefficient (Wildman–Crippen LogP) is 4.25. The van der Waals surface area contributed by atoms with Crippen molar-refractivity contribution in [1.29, 1.82) is 0 Å². The van der Waals surface area contributed by atoms with Gasteiger partial charge >= 0.3 is 0 Å². The fourth-order valence-corrected chi connectivity index (χ4v) is 4.45. The lowest BCUT2D eigenvalue weighted by atomic mass is 10.1. The maximum absolute atomic E-state index is 13.0. The highest BCUT2D eigenvalue weighted by atomic mass is 32.2. The number of rotatable bonds is 5. The molecule has 3 aromatic rings. The van der Waals surface area contributed by atoms with Gasteiger partial charge in [-0.05, 0) is 41.6 Å². The Balaban J connectivity index is 1.59. The van der Waals surface area contributed by atoms with E-state index in [0.717, 1.165) is 36.4 Å². The number of aromatic nitrogens is 2. The summed E-state index contributed by atoms with van der Waals surface area (Å²) in [5, 5.41) is 10.3. The third-order valence-electron chi connectivity index (χ3n) is 4.10. The van der Waals surface area contributed by atoms with Gasteiger partial charge in [0.1, 0.15) is 5.25 Å². The van der Waals surface area contributed by atoms with Crippen molar-refractivity contribution in [3.05, 3.63) is 53.4 Å². The highest BCUT2D eigenvalue weighted by molar-refractivity contribution is 8.00. The normalized spacial score (nSPS) is 15.4. The first-order chi connectivity index (χ1) is 12.3. The molecule has 5 nitrogen and oxygen atoms in total. The van der Waals surface area contributed by atoms with E-state index in [1.807, 2.05) is 52.7 Å². The lowest BCUT2D eigenvalue weighted by Gasteiger charge is -2.22. The number of likely N-dealkylation sites (tertiary alicyclic amines) is 1. The summed E-state index contributed by atoms with van der Waals surface area (Å²) in [6.45, 7) is 1.65. The smallest absolute Gasteiger partial charge is 0.278 e. The Bertz CT molecular complexity index is 827. The molecule has 1 aliphatic rings. The molecule has 1 amide bonds. The molecule has 1 aliphatic heterocycles. The second-order valence-electron chi connectivity index (χ2n) is 5.79. The average Bonchev–Trinajstić information content (AvgIpc) is 3.42. The molecule has 1 aromatic carbocycles. The predicted molar refractivity (Wildman–Crippen MR) is 98.5 cm³/mol. The molecule has 0 bridgehead atoms. The monoisotopic (exact) mass is 371 g/mol. The molecule has 3 heterocycles. The van der Waals surface area contributed by atoms with Crippen LogP contribution in [0.4, 0.5) is 0 Å². The number of carbonyl (C=O) groups is 1. The minimum absolute atomic E-state index is 0.115. The summed E-state index contributed by atoms with van der Waals surface area (Å²) in [6, 6.07) is 13.7. The fraction of sp³-hybridized carbons (Fsp3) is 0.278. The quantitative estimate of drug-likeness (QED) is 0.628. The van der Waals surface area contributed by atoms with E-state index in [4.69, 9.17) is 4.42 Å². The number of benzene rings is 1. The van der Waals surface area contributed by atoms with Crippen molar-refractivity contribution >= 4 is 29.0 Å². The van der Waals surface area contributed by atoms with Crippen LogP contribution in [0.5, 0.6) is 0 Å². The molecule has 0 aliphatic carbocycles. The van der Waals surface area contributed by atoms with Gasteiger partial charge in [0.2, 0.25) is 5.91 Å². The fourth-order valence-electron chi connectivity index (χ4n) is 2.85. The minimum atomic E-state index is -0.365. The summed E-state index contributed by atoms with van der Waals surface area (Å²) in [5.41, 5.74) is 0.959. The zero-order valence-corrected chi connectivity index (χ0v) is 15.1. The number of hydrogen-bond donors (Lipinski definition) is 0. The Morgan fingerprint density at radius 1 is 1.12 bits per heavy atom. The molecule has 0 saturated carbocycles. The number of amides is 1. The third-order valence-corrected chi connectivity index (χ3v) is 6.04. The van der Waals surface area contributed by atoms with Crippen LogP contribution in [0.2, 0.25) is 0 Å². The van der Waals surface area contributed by atoms with E-state index in [9.17, 15) is 4.79 Å². The number of thiophene rings is 1. The number of carbonyl (C=O) groups excluding carboxylic acids is 1. The van der Waals surface area contributed by atoms with E-state index in [1.54, 1.807) is 11.3 Å². The maximum atomic E-state index is 13.0. The molecular weight excluding hydrogens is 354 g/mol. The summed E-state index contributed by atoms with van der Waals surface area (Å²) < 4.78 is 5.77. The average molecular weight is 371 g/mol. The molecule has 128 valence electrons. The molecule has 2 aromatic heterocycles. The summed E-state index contributed by atoms with van der Waals surface area (Å²) in [6.07, 6.45) is 2.14. The van der Waals surface area contributed by atoms with Crippen molar-refractivity contribution in [2.45, 2.75) is 23.3 Å². The Hall–Kier alpha value is -2.12. The third kappa shape index (κ3) is 3.62. The Kier molecular flexibility index (Phi) is 4.85. The van der Waals surface area contributed by atoms with Crippen molar-refractivity contribution in [1.82, 2.24) is 15.1 Å². The lowest BCUT2D eigenvalue weighted by molar-refractivity contribution is -0.129. The second-order valence-corrected chi connectivity index (χ2v) is 7.80. The number of hydrogen-bond acceptors (Lipinski definition) is 6. The number of thioether (sulfide) groups is 1. The molecule has 4 rings (SSSR count). The van der Waals surface area contributed by atoms with Crippen LogP contribution in [0.3, 0.4) is 0 Å². The van der Waals surface area contributed by atoms with Crippen LogP contribution in [-0.4, -0.2) is 34.1 Å². The maximum Gasteiger partial charge on any atom is 0.278 e. The Morgan fingerprint density at radius 2 is 1.92 bits per heavy atom. The zero-order chi connectivity index (χ0) is 17.1. The highest BCUT2D eigenvalue weighted by Gasteiger charge is 2.30. The van der Waals surface area contributed by atoms with Gasteiger partial charge in [-0.1, -0.05) is 36.4 Å². The topological polar surface area (TPSA) is 59.2 Å². The molecule has 25 heavy (non-hydrogen) atoms. The summed E-state index contributed by atoms with van der Waals surface area (Å²) in [7, 11) is 0. The van der Waals surface area contributed by atoms with E-state index < -0.39 is 0 Å². The van der Waals surface area contributed by atoms with Crippen LogP contribution >= 0.6 is 23.1 Å². The first-order valence-corrected chi connectivity index (χ1v) is 9.95. The van der Waals surface area contributed by atoms with Crippen LogP contribution in [-0.2, 0) is 4.79 Å². The molecule has 1 saturated heterocycles. The minimum Gasteiger partial charge on any atom is -0.410 e. The van der Waals surface area contributed by atoms with Gasteiger partial charge in [0.25, 0.3) is 11.1 Å². The van der Waals surface area contributed by atoms with E-state index in [0.29, 0.717) is 11.1 Å². The van der Waals surface area contributed by atoms with E-state index in [1.165, 1.54) is 11.8 Å². The van der Waals surface area contributed by atoms with Crippen LogP contribution in [0.1, 0.15) is 23.7 Å². The van der Waals surface area contributed by atoms with Crippen LogP contribution in [0, 0.1) is 0 Å². The van der Waals surface area contributed by atoms with Crippen molar-refractivity contribution in [3.8, 4) is 10.8 Å². The highest BCUT2D eigenvalue weighted by Crippen LogP contribution is 2.38. The molecule has 0 unspecified atom stereocenters. The molecule has 0 N–H and O–H groups in total. The molecule has 1 atom stereocenters. The largest absolute Gasteiger partial charge is 0.410 e. The Morgan fingerprint density at radius 3 is 2.64 bits per heavy atom. The standard InChI is InChI=1S/C18H17N3O2S2/c22-17(21-10-4-5-11-21)15(13-7-2-1-3-8-13)25-18-20-19-16(23-18)14-9-6-12-24-14/h1-3,6-9,12,15H,4-5,10-11H2/t15-/m0/s1. The van der Waals surface area contributed by atoms with Gasteiger partial charge in [-0.3, -0.25) is 4.79 Å².